The minimum Gasteiger partial charge on any atom is -0.312 e. The van der Waals surface area contributed by atoms with Crippen LogP contribution in [0.25, 0.3) is 0 Å². The molecule has 2 heterocycles. The average molecular weight is 263 g/mol. The fourth-order valence-electron chi connectivity index (χ4n) is 1.82. The molecule has 0 aromatic carbocycles. The number of aromatic nitrogens is 2. The van der Waals surface area contributed by atoms with E-state index in [9.17, 15) is 0 Å². The highest BCUT2D eigenvalue weighted by atomic mass is 35.5. The maximum Gasteiger partial charge on any atom is 0.151 e. The summed E-state index contributed by atoms with van der Waals surface area (Å²) in [4.78, 5) is 10.6. The van der Waals surface area contributed by atoms with E-state index in [0.717, 1.165) is 31.9 Å². The van der Waals surface area contributed by atoms with Crippen LogP contribution in [0.3, 0.4) is 0 Å². The van der Waals surface area contributed by atoms with Crippen LogP contribution >= 0.6 is 24.0 Å². The van der Waals surface area contributed by atoms with Gasteiger partial charge in [0.15, 0.2) is 5.15 Å². The van der Waals surface area contributed by atoms with E-state index in [0.29, 0.717) is 11.2 Å². The van der Waals surface area contributed by atoms with Gasteiger partial charge < -0.3 is 5.32 Å². The molecule has 6 heteroatoms. The van der Waals surface area contributed by atoms with Gasteiger partial charge in [-0.2, -0.15) is 0 Å². The van der Waals surface area contributed by atoms with Crippen molar-refractivity contribution in [3.8, 4) is 0 Å². The van der Waals surface area contributed by atoms with Gasteiger partial charge in [-0.15, -0.1) is 12.4 Å². The SMILES string of the molecule is CC1CN(Cc2nccnc2Cl)CCN1.Cl. The van der Waals surface area contributed by atoms with E-state index < -0.39 is 0 Å². The lowest BCUT2D eigenvalue weighted by Crippen LogP contribution is -2.48. The smallest absolute Gasteiger partial charge is 0.151 e. The Kier molecular flexibility index (Phi) is 5.41. The molecule has 0 saturated carbocycles. The zero-order chi connectivity index (χ0) is 10.7. The Morgan fingerprint density at radius 3 is 2.94 bits per heavy atom. The molecule has 4 nitrogen and oxygen atoms in total. The molecule has 0 aliphatic carbocycles. The molecule has 16 heavy (non-hydrogen) atoms. The molecular formula is C10H16Cl2N4. The second-order valence-corrected chi connectivity index (χ2v) is 4.24. The lowest BCUT2D eigenvalue weighted by atomic mass is 10.2. The molecule has 1 N–H and O–H groups in total. The van der Waals surface area contributed by atoms with Crippen LogP contribution in [0.5, 0.6) is 0 Å². The number of piperazine rings is 1. The molecule has 1 atom stereocenters. The number of nitrogens with one attached hydrogen (secondary N) is 1. The molecule has 1 fully saturated rings. The van der Waals surface area contributed by atoms with Crippen LogP contribution in [0.4, 0.5) is 0 Å². The number of halogens is 2. The van der Waals surface area contributed by atoms with Gasteiger partial charge in [-0.3, -0.25) is 9.88 Å². The lowest BCUT2D eigenvalue weighted by Gasteiger charge is -2.31. The van der Waals surface area contributed by atoms with Crippen molar-refractivity contribution in [3.05, 3.63) is 23.2 Å². The summed E-state index contributed by atoms with van der Waals surface area (Å²) >= 11 is 5.96. The maximum atomic E-state index is 5.96. The van der Waals surface area contributed by atoms with Crippen molar-refractivity contribution in [1.82, 2.24) is 20.2 Å². The van der Waals surface area contributed by atoms with E-state index in [2.05, 4.69) is 27.1 Å². The van der Waals surface area contributed by atoms with Crippen molar-refractivity contribution in [2.24, 2.45) is 0 Å². The van der Waals surface area contributed by atoms with Crippen molar-refractivity contribution in [2.75, 3.05) is 19.6 Å². The van der Waals surface area contributed by atoms with Crippen LogP contribution in [-0.2, 0) is 6.54 Å². The van der Waals surface area contributed by atoms with Crippen LogP contribution < -0.4 is 5.32 Å². The number of hydrogen-bond acceptors (Lipinski definition) is 4. The quantitative estimate of drug-likeness (QED) is 0.874. The molecular weight excluding hydrogens is 247 g/mol. The molecule has 1 unspecified atom stereocenters. The Balaban J connectivity index is 0.00000128. The van der Waals surface area contributed by atoms with E-state index in [4.69, 9.17) is 11.6 Å². The van der Waals surface area contributed by atoms with Crippen LogP contribution in [-0.4, -0.2) is 40.5 Å². The Hall–Kier alpha value is -0.420. The van der Waals surface area contributed by atoms with Gasteiger partial charge in [0.05, 0.1) is 5.69 Å². The maximum absolute atomic E-state index is 5.96. The van der Waals surface area contributed by atoms with E-state index in [1.807, 2.05) is 0 Å². The minimum atomic E-state index is 0. The first kappa shape index (κ1) is 13.6. The number of hydrogen-bond donors (Lipinski definition) is 1. The third-order valence-corrected chi connectivity index (χ3v) is 2.87. The van der Waals surface area contributed by atoms with E-state index in [-0.39, 0.29) is 12.4 Å². The van der Waals surface area contributed by atoms with Gasteiger partial charge in [0, 0.05) is 44.6 Å². The number of nitrogens with zero attached hydrogens (tertiary/aromatic N) is 3. The first-order valence-electron chi connectivity index (χ1n) is 5.17. The Labute approximate surface area is 107 Å². The molecule has 1 saturated heterocycles. The predicted octanol–water partition coefficient (Wildman–Crippen LogP) is 1.35. The van der Waals surface area contributed by atoms with Crippen molar-refractivity contribution in [1.29, 1.82) is 0 Å². The molecule has 90 valence electrons. The Morgan fingerprint density at radius 2 is 2.25 bits per heavy atom. The second kappa shape index (κ2) is 6.35. The summed E-state index contributed by atoms with van der Waals surface area (Å²) < 4.78 is 0. The molecule has 0 bridgehead atoms. The summed E-state index contributed by atoms with van der Waals surface area (Å²) in [7, 11) is 0. The van der Waals surface area contributed by atoms with Gasteiger partial charge in [-0.25, -0.2) is 4.98 Å². The number of rotatable bonds is 2. The van der Waals surface area contributed by atoms with Crippen LogP contribution in [0, 0.1) is 0 Å². The fourth-order valence-corrected chi connectivity index (χ4v) is 1.99. The molecule has 0 radical (unpaired) electrons. The highest BCUT2D eigenvalue weighted by Crippen LogP contribution is 2.12. The largest absolute Gasteiger partial charge is 0.312 e. The summed E-state index contributed by atoms with van der Waals surface area (Å²) in [6.45, 7) is 6.08. The summed E-state index contributed by atoms with van der Waals surface area (Å²) in [5.41, 5.74) is 0.869. The van der Waals surface area contributed by atoms with Crippen molar-refractivity contribution < 1.29 is 0 Å². The zero-order valence-electron chi connectivity index (χ0n) is 9.19. The minimum absolute atomic E-state index is 0. The van der Waals surface area contributed by atoms with Crippen LogP contribution in [0.2, 0.25) is 5.15 Å². The van der Waals surface area contributed by atoms with E-state index in [1.165, 1.54) is 0 Å². The van der Waals surface area contributed by atoms with E-state index in [1.54, 1.807) is 12.4 Å². The highest BCUT2D eigenvalue weighted by Gasteiger charge is 2.17. The molecule has 0 amide bonds. The fraction of sp³-hybridized carbons (Fsp3) is 0.600. The summed E-state index contributed by atoms with van der Waals surface area (Å²) in [5, 5.41) is 3.92. The molecule has 0 spiro atoms. The third-order valence-electron chi connectivity index (χ3n) is 2.55. The van der Waals surface area contributed by atoms with Crippen molar-refractivity contribution >= 4 is 24.0 Å². The van der Waals surface area contributed by atoms with Crippen LogP contribution in [0.15, 0.2) is 12.4 Å². The van der Waals surface area contributed by atoms with E-state index >= 15 is 0 Å². The Bertz CT molecular complexity index is 334. The van der Waals surface area contributed by atoms with Crippen molar-refractivity contribution in [2.45, 2.75) is 19.5 Å². The predicted molar refractivity (Wildman–Crippen MR) is 67.0 cm³/mol. The van der Waals surface area contributed by atoms with Crippen LogP contribution in [0.1, 0.15) is 12.6 Å². The Morgan fingerprint density at radius 1 is 1.50 bits per heavy atom. The average Bonchev–Trinajstić information content (AvgIpc) is 2.22. The summed E-state index contributed by atoms with van der Waals surface area (Å²) in [5.74, 6) is 0. The molecule has 1 aliphatic rings. The second-order valence-electron chi connectivity index (χ2n) is 3.88. The molecule has 1 aliphatic heterocycles. The molecule has 1 aromatic rings. The standard InChI is InChI=1S/C10H15ClN4.ClH/c1-8-6-15(5-4-12-8)7-9-10(11)14-3-2-13-9;/h2-3,8,12H,4-7H2,1H3;1H. The van der Waals surface area contributed by atoms with Gasteiger partial charge >= 0.3 is 0 Å². The first-order chi connectivity index (χ1) is 7.25. The monoisotopic (exact) mass is 262 g/mol. The molecule has 1 aromatic heterocycles. The zero-order valence-corrected chi connectivity index (χ0v) is 10.8. The highest BCUT2D eigenvalue weighted by molar-refractivity contribution is 6.29. The first-order valence-corrected chi connectivity index (χ1v) is 5.54. The molecule has 2 rings (SSSR count). The van der Waals surface area contributed by atoms with Gasteiger partial charge in [-0.1, -0.05) is 11.6 Å². The summed E-state index contributed by atoms with van der Waals surface area (Å²) in [6.07, 6.45) is 3.30. The van der Waals surface area contributed by atoms with Gasteiger partial charge in [0.2, 0.25) is 0 Å². The summed E-state index contributed by atoms with van der Waals surface area (Å²) in [6, 6.07) is 0.536. The third kappa shape index (κ3) is 3.56. The normalized spacial score (nSPS) is 21.5. The van der Waals surface area contributed by atoms with Gasteiger partial charge in [0.1, 0.15) is 0 Å². The van der Waals surface area contributed by atoms with Crippen molar-refractivity contribution in [3.63, 3.8) is 0 Å². The lowest BCUT2D eigenvalue weighted by molar-refractivity contribution is 0.197. The topological polar surface area (TPSA) is 41.1 Å². The van der Waals surface area contributed by atoms with Gasteiger partial charge in [0.25, 0.3) is 0 Å². The van der Waals surface area contributed by atoms with Gasteiger partial charge in [-0.05, 0) is 6.92 Å².